The number of hydrogen-bond acceptors (Lipinski definition) is 3. The third-order valence-electron chi connectivity index (χ3n) is 4.62. The Kier molecular flexibility index (Phi) is 7.13. The molecule has 160 valence electrons. The number of nitrogens with one attached hydrogen (secondary N) is 2. The first kappa shape index (κ1) is 22.6. The van der Waals surface area contributed by atoms with E-state index in [0.717, 1.165) is 4.47 Å². The van der Waals surface area contributed by atoms with Gasteiger partial charge >= 0.3 is 0 Å². The number of anilines is 2. The van der Waals surface area contributed by atoms with Crippen molar-refractivity contribution >= 4 is 39.1 Å². The highest BCUT2D eigenvalue weighted by Gasteiger charge is 2.15. The van der Waals surface area contributed by atoms with Crippen molar-refractivity contribution in [1.82, 2.24) is 0 Å². The fourth-order valence-corrected chi connectivity index (χ4v) is 3.35. The average Bonchev–Trinajstić information content (AvgIpc) is 2.74. The third kappa shape index (κ3) is 6.43. The topological polar surface area (TPSA) is 67.4 Å². The van der Waals surface area contributed by atoms with E-state index in [2.05, 4.69) is 47.3 Å². The minimum absolute atomic E-state index is 0.0329. The van der Waals surface area contributed by atoms with Crippen LogP contribution in [0.3, 0.4) is 0 Å². The summed E-state index contributed by atoms with van der Waals surface area (Å²) in [7, 11) is 0. The van der Waals surface area contributed by atoms with Crippen molar-refractivity contribution in [2.24, 2.45) is 0 Å². The summed E-state index contributed by atoms with van der Waals surface area (Å²) in [5.41, 5.74) is 3.05. The monoisotopic (exact) mass is 480 g/mol. The van der Waals surface area contributed by atoms with Crippen molar-refractivity contribution in [3.05, 3.63) is 88.4 Å². The molecule has 0 atom stereocenters. The highest BCUT2D eigenvalue weighted by molar-refractivity contribution is 9.10. The lowest BCUT2D eigenvalue weighted by atomic mass is 9.87. The molecule has 2 amide bonds. The summed E-state index contributed by atoms with van der Waals surface area (Å²) in [5, 5.41) is 5.61. The van der Waals surface area contributed by atoms with Crippen molar-refractivity contribution in [1.29, 1.82) is 0 Å². The van der Waals surface area contributed by atoms with Crippen molar-refractivity contribution < 1.29 is 14.3 Å². The molecule has 0 saturated heterocycles. The van der Waals surface area contributed by atoms with Crippen LogP contribution in [0.1, 0.15) is 36.7 Å². The van der Waals surface area contributed by atoms with Gasteiger partial charge < -0.3 is 15.4 Å². The Bertz CT molecular complexity index is 1060. The second-order valence-electron chi connectivity index (χ2n) is 8.13. The summed E-state index contributed by atoms with van der Waals surface area (Å²) in [6.07, 6.45) is 0. The summed E-state index contributed by atoms with van der Waals surface area (Å²) in [5.74, 6) is 0.156. The van der Waals surface area contributed by atoms with Crippen LogP contribution in [0.15, 0.2) is 77.3 Å². The van der Waals surface area contributed by atoms with Gasteiger partial charge in [-0.1, -0.05) is 45.0 Å². The Morgan fingerprint density at radius 2 is 1.48 bits per heavy atom. The molecule has 0 fully saturated rings. The molecule has 0 aliphatic carbocycles. The van der Waals surface area contributed by atoms with Crippen molar-refractivity contribution in [2.45, 2.75) is 26.2 Å². The Labute approximate surface area is 191 Å². The molecule has 3 rings (SSSR count). The molecular weight excluding hydrogens is 456 g/mol. The van der Waals surface area contributed by atoms with Gasteiger partial charge in [-0.25, -0.2) is 0 Å². The van der Waals surface area contributed by atoms with Crippen LogP contribution >= 0.6 is 15.9 Å². The quantitative estimate of drug-likeness (QED) is 0.453. The number of rotatable bonds is 6. The fraction of sp³-hybridized carbons (Fsp3) is 0.200. The summed E-state index contributed by atoms with van der Waals surface area (Å²) >= 11 is 3.51. The molecule has 3 aromatic rings. The lowest BCUT2D eigenvalue weighted by molar-refractivity contribution is -0.118. The number of hydrogen-bond donors (Lipinski definition) is 2. The molecule has 0 aliphatic rings. The third-order valence-corrected chi connectivity index (χ3v) is 5.24. The second kappa shape index (κ2) is 9.79. The zero-order chi connectivity index (χ0) is 22.4. The summed E-state index contributed by atoms with van der Waals surface area (Å²) in [6, 6.07) is 21.8. The molecule has 3 aromatic carbocycles. The van der Waals surface area contributed by atoms with Gasteiger partial charge in [0.25, 0.3) is 11.8 Å². The van der Waals surface area contributed by atoms with E-state index in [1.54, 1.807) is 36.4 Å². The minimum atomic E-state index is -0.270. The summed E-state index contributed by atoms with van der Waals surface area (Å²) in [6.45, 7) is 6.31. The first-order valence-electron chi connectivity index (χ1n) is 9.91. The predicted molar refractivity (Wildman–Crippen MR) is 128 cm³/mol. The standard InChI is InChI=1S/C25H25BrN2O3/c1-25(2,3)18-9-14-22(21(26)15-18)31-16-23(29)27-19-10-12-20(13-11-19)28-24(30)17-7-5-4-6-8-17/h4-15H,16H2,1-3H3,(H,27,29)(H,28,30). The van der Waals surface area contributed by atoms with Crippen molar-refractivity contribution in [3.8, 4) is 5.75 Å². The van der Waals surface area contributed by atoms with E-state index in [-0.39, 0.29) is 23.8 Å². The average molecular weight is 481 g/mol. The number of carbonyl (C=O) groups excluding carboxylic acids is 2. The van der Waals surface area contributed by atoms with Gasteiger partial charge in [0.2, 0.25) is 0 Å². The number of ether oxygens (including phenoxy) is 1. The maximum Gasteiger partial charge on any atom is 0.262 e. The predicted octanol–water partition coefficient (Wildman–Crippen LogP) is 6.02. The zero-order valence-electron chi connectivity index (χ0n) is 17.7. The Morgan fingerprint density at radius 1 is 0.871 bits per heavy atom. The molecule has 0 aliphatic heterocycles. The van der Waals surface area contributed by atoms with Crippen LogP contribution in [-0.4, -0.2) is 18.4 Å². The molecule has 0 heterocycles. The maximum absolute atomic E-state index is 12.2. The summed E-state index contributed by atoms with van der Waals surface area (Å²) in [4.78, 5) is 24.4. The number of benzene rings is 3. The Morgan fingerprint density at radius 3 is 2.06 bits per heavy atom. The van der Waals surface area contributed by atoms with Crippen LogP contribution in [0, 0.1) is 0 Å². The van der Waals surface area contributed by atoms with Gasteiger partial charge in [0.15, 0.2) is 6.61 Å². The van der Waals surface area contributed by atoms with Gasteiger partial charge in [0, 0.05) is 16.9 Å². The van der Waals surface area contributed by atoms with Gasteiger partial charge in [0.1, 0.15) is 5.75 Å². The zero-order valence-corrected chi connectivity index (χ0v) is 19.3. The van der Waals surface area contributed by atoms with Gasteiger partial charge in [0.05, 0.1) is 4.47 Å². The normalized spacial score (nSPS) is 11.0. The summed E-state index contributed by atoms with van der Waals surface area (Å²) < 4.78 is 6.46. The largest absolute Gasteiger partial charge is 0.483 e. The van der Waals surface area contributed by atoms with Crippen LogP contribution in [0.25, 0.3) is 0 Å². The number of amides is 2. The van der Waals surface area contributed by atoms with Crippen LogP contribution < -0.4 is 15.4 Å². The molecule has 0 aromatic heterocycles. The Hall–Kier alpha value is -3.12. The molecule has 2 N–H and O–H groups in total. The SMILES string of the molecule is CC(C)(C)c1ccc(OCC(=O)Nc2ccc(NC(=O)c3ccccc3)cc2)c(Br)c1. The molecule has 0 spiro atoms. The van der Waals surface area contributed by atoms with E-state index < -0.39 is 0 Å². The van der Waals surface area contributed by atoms with Crippen molar-refractivity contribution in [2.75, 3.05) is 17.2 Å². The number of carbonyl (C=O) groups is 2. The van der Waals surface area contributed by atoms with Crippen LogP contribution in [0.4, 0.5) is 11.4 Å². The van der Waals surface area contributed by atoms with Crippen LogP contribution in [-0.2, 0) is 10.2 Å². The highest BCUT2D eigenvalue weighted by Crippen LogP contribution is 2.31. The van der Waals surface area contributed by atoms with E-state index >= 15 is 0 Å². The molecule has 5 nitrogen and oxygen atoms in total. The first-order chi connectivity index (χ1) is 14.7. The van der Waals surface area contributed by atoms with E-state index in [1.165, 1.54) is 5.56 Å². The van der Waals surface area contributed by atoms with Crippen LogP contribution in [0.2, 0.25) is 0 Å². The van der Waals surface area contributed by atoms with Gasteiger partial charge in [-0.3, -0.25) is 9.59 Å². The highest BCUT2D eigenvalue weighted by atomic mass is 79.9. The maximum atomic E-state index is 12.2. The lowest BCUT2D eigenvalue weighted by Gasteiger charge is -2.20. The van der Waals surface area contributed by atoms with E-state index in [1.807, 2.05) is 36.4 Å². The molecule has 6 heteroatoms. The van der Waals surface area contributed by atoms with Gasteiger partial charge in [-0.2, -0.15) is 0 Å². The molecule has 0 saturated carbocycles. The van der Waals surface area contributed by atoms with Crippen LogP contribution in [0.5, 0.6) is 5.75 Å². The minimum Gasteiger partial charge on any atom is -0.483 e. The van der Waals surface area contributed by atoms with E-state index in [0.29, 0.717) is 22.7 Å². The molecule has 0 unspecified atom stereocenters. The number of halogens is 1. The smallest absolute Gasteiger partial charge is 0.262 e. The first-order valence-corrected chi connectivity index (χ1v) is 10.7. The fourth-order valence-electron chi connectivity index (χ4n) is 2.85. The molecular formula is C25H25BrN2O3. The van der Waals surface area contributed by atoms with E-state index in [9.17, 15) is 9.59 Å². The van der Waals surface area contributed by atoms with Crippen molar-refractivity contribution in [3.63, 3.8) is 0 Å². The second-order valence-corrected chi connectivity index (χ2v) is 8.98. The van der Waals surface area contributed by atoms with E-state index in [4.69, 9.17) is 4.74 Å². The lowest BCUT2D eigenvalue weighted by Crippen LogP contribution is -2.20. The van der Waals surface area contributed by atoms with Gasteiger partial charge in [-0.05, 0) is 75.4 Å². The molecule has 31 heavy (non-hydrogen) atoms. The Balaban J connectivity index is 1.52. The van der Waals surface area contributed by atoms with Gasteiger partial charge in [-0.15, -0.1) is 0 Å². The molecule has 0 radical (unpaired) electrons. The molecule has 0 bridgehead atoms.